The van der Waals surface area contributed by atoms with Crippen LogP contribution in [0.4, 0.5) is 0 Å². The van der Waals surface area contributed by atoms with Crippen molar-refractivity contribution in [3.63, 3.8) is 0 Å². The molecule has 2 aromatic rings. The summed E-state index contributed by atoms with van der Waals surface area (Å²) in [5.74, 6) is 1.58. The molecular weight excluding hydrogens is 479 g/mol. The van der Waals surface area contributed by atoms with Crippen molar-refractivity contribution in [1.29, 1.82) is 0 Å². The molecule has 0 bridgehead atoms. The van der Waals surface area contributed by atoms with Gasteiger partial charge in [-0.2, -0.15) is 0 Å². The molecule has 1 amide bonds. The van der Waals surface area contributed by atoms with E-state index in [1.54, 1.807) is 7.11 Å². The molecule has 0 heterocycles. The lowest BCUT2D eigenvalue weighted by atomic mass is 10.1. The number of hydrogen-bond donors (Lipinski definition) is 2. The summed E-state index contributed by atoms with van der Waals surface area (Å²) in [6.07, 6.45) is 0. The van der Waals surface area contributed by atoms with E-state index in [2.05, 4.69) is 20.5 Å². The van der Waals surface area contributed by atoms with E-state index in [-0.39, 0.29) is 29.9 Å². The lowest BCUT2D eigenvalue weighted by molar-refractivity contribution is 0.0954. The standard InChI is InChI=1S/C22H30N4O2.HI/c1-5-23-22(26(3)16-18-9-11-20(28-4)12-10-18)25-14-13-24-21(27)19-8-6-7-17(2)15-19;/h6-12,15H,5,13-14,16H2,1-4H3,(H,23,25)(H,24,27);1H. The number of hydrogen-bond acceptors (Lipinski definition) is 3. The molecule has 0 atom stereocenters. The number of nitrogens with one attached hydrogen (secondary N) is 2. The van der Waals surface area contributed by atoms with Crippen molar-refractivity contribution in [1.82, 2.24) is 15.5 Å². The van der Waals surface area contributed by atoms with Gasteiger partial charge in [0.2, 0.25) is 0 Å². The summed E-state index contributed by atoms with van der Waals surface area (Å²) in [6, 6.07) is 15.6. The Balaban J connectivity index is 0.00000420. The number of carbonyl (C=O) groups excluding carboxylic acids is 1. The average Bonchev–Trinajstić information content (AvgIpc) is 2.70. The van der Waals surface area contributed by atoms with Gasteiger partial charge in [0.25, 0.3) is 5.91 Å². The van der Waals surface area contributed by atoms with Crippen molar-refractivity contribution >= 4 is 35.8 Å². The number of nitrogens with zero attached hydrogens (tertiary/aromatic N) is 2. The van der Waals surface area contributed by atoms with Gasteiger partial charge in [-0.15, -0.1) is 24.0 Å². The number of aliphatic imine (C=N–C) groups is 1. The van der Waals surface area contributed by atoms with Crippen LogP contribution in [0.5, 0.6) is 5.75 Å². The van der Waals surface area contributed by atoms with Crippen LogP contribution in [0.25, 0.3) is 0 Å². The first kappa shape index (κ1) is 24.7. The van der Waals surface area contributed by atoms with Crippen LogP contribution in [-0.2, 0) is 6.54 Å². The van der Waals surface area contributed by atoms with E-state index in [1.807, 2.05) is 69.4 Å². The summed E-state index contributed by atoms with van der Waals surface area (Å²) in [4.78, 5) is 18.9. The minimum Gasteiger partial charge on any atom is -0.497 e. The molecule has 0 aliphatic heterocycles. The summed E-state index contributed by atoms with van der Waals surface area (Å²) >= 11 is 0. The highest BCUT2D eigenvalue weighted by Gasteiger charge is 2.08. The van der Waals surface area contributed by atoms with E-state index in [9.17, 15) is 4.79 Å². The highest BCUT2D eigenvalue weighted by Crippen LogP contribution is 2.12. The highest BCUT2D eigenvalue weighted by molar-refractivity contribution is 14.0. The van der Waals surface area contributed by atoms with Crippen LogP contribution < -0.4 is 15.4 Å². The molecule has 158 valence electrons. The molecule has 2 N–H and O–H groups in total. The van der Waals surface area contributed by atoms with Gasteiger partial charge in [-0.3, -0.25) is 9.79 Å². The number of halogens is 1. The second-order valence-electron chi connectivity index (χ2n) is 6.57. The molecule has 0 saturated heterocycles. The lowest BCUT2D eigenvalue weighted by Crippen LogP contribution is -2.39. The van der Waals surface area contributed by atoms with Crippen LogP contribution in [0, 0.1) is 6.92 Å². The lowest BCUT2D eigenvalue weighted by Gasteiger charge is -2.22. The van der Waals surface area contributed by atoms with Crippen LogP contribution in [0.1, 0.15) is 28.4 Å². The SMILES string of the molecule is CCNC(=NCCNC(=O)c1cccc(C)c1)N(C)Cc1ccc(OC)cc1.I. The fourth-order valence-corrected chi connectivity index (χ4v) is 2.77. The molecular formula is C22H31IN4O2. The Morgan fingerprint density at radius 2 is 1.86 bits per heavy atom. The number of rotatable bonds is 8. The summed E-state index contributed by atoms with van der Waals surface area (Å²) < 4.78 is 5.20. The normalized spacial score (nSPS) is 10.7. The number of carbonyl (C=O) groups is 1. The minimum atomic E-state index is -0.0736. The van der Waals surface area contributed by atoms with Gasteiger partial charge in [0.05, 0.1) is 13.7 Å². The summed E-state index contributed by atoms with van der Waals surface area (Å²) in [5.41, 5.74) is 2.91. The van der Waals surface area contributed by atoms with Gasteiger partial charge in [0.1, 0.15) is 5.75 Å². The van der Waals surface area contributed by atoms with E-state index >= 15 is 0 Å². The Morgan fingerprint density at radius 3 is 2.48 bits per heavy atom. The second-order valence-corrected chi connectivity index (χ2v) is 6.57. The molecule has 7 heteroatoms. The molecule has 0 fully saturated rings. The molecule has 2 rings (SSSR count). The molecule has 0 aliphatic rings. The molecule has 0 saturated carbocycles. The summed E-state index contributed by atoms with van der Waals surface area (Å²) in [6.45, 7) is 6.51. The molecule has 6 nitrogen and oxygen atoms in total. The third kappa shape index (κ3) is 8.31. The van der Waals surface area contributed by atoms with E-state index in [4.69, 9.17) is 4.74 Å². The predicted octanol–water partition coefficient (Wildman–Crippen LogP) is 3.45. The zero-order valence-electron chi connectivity index (χ0n) is 17.6. The predicted molar refractivity (Wildman–Crippen MR) is 129 cm³/mol. The zero-order chi connectivity index (χ0) is 20.4. The highest BCUT2D eigenvalue weighted by atomic mass is 127. The van der Waals surface area contributed by atoms with Crippen LogP contribution in [-0.4, -0.2) is 50.6 Å². The van der Waals surface area contributed by atoms with Crippen molar-refractivity contribution in [2.75, 3.05) is 33.8 Å². The Hall–Kier alpha value is -2.29. The van der Waals surface area contributed by atoms with Crippen LogP contribution in [0.15, 0.2) is 53.5 Å². The van der Waals surface area contributed by atoms with E-state index < -0.39 is 0 Å². The number of benzene rings is 2. The fourth-order valence-electron chi connectivity index (χ4n) is 2.77. The average molecular weight is 510 g/mol. The maximum absolute atomic E-state index is 12.2. The Labute approximate surface area is 190 Å². The summed E-state index contributed by atoms with van der Waals surface area (Å²) in [7, 11) is 3.66. The Bertz CT molecular complexity index is 794. The summed E-state index contributed by atoms with van der Waals surface area (Å²) in [5, 5.41) is 6.21. The first-order chi connectivity index (χ1) is 13.5. The van der Waals surface area contributed by atoms with Gasteiger partial charge in [0, 0.05) is 32.2 Å². The van der Waals surface area contributed by atoms with Crippen LogP contribution in [0.2, 0.25) is 0 Å². The molecule has 0 aliphatic carbocycles. The van der Waals surface area contributed by atoms with Crippen LogP contribution in [0.3, 0.4) is 0 Å². The number of amides is 1. The quantitative estimate of drug-likeness (QED) is 0.247. The Kier molecular flexibility index (Phi) is 11.1. The maximum atomic E-state index is 12.2. The van der Waals surface area contributed by atoms with Gasteiger partial charge in [-0.25, -0.2) is 0 Å². The van der Waals surface area contributed by atoms with Crippen molar-refractivity contribution in [3.05, 3.63) is 65.2 Å². The van der Waals surface area contributed by atoms with Crippen molar-refractivity contribution in [3.8, 4) is 5.75 Å². The topological polar surface area (TPSA) is 66.0 Å². The van der Waals surface area contributed by atoms with E-state index in [0.717, 1.165) is 30.4 Å². The molecule has 0 aromatic heterocycles. The van der Waals surface area contributed by atoms with Gasteiger partial charge >= 0.3 is 0 Å². The Morgan fingerprint density at radius 1 is 1.14 bits per heavy atom. The largest absolute Gasteiger partial charge is 0.497 e. The molecule has 0 unspecified atom stereocenters. The van der Waals surface area contributed by atoms with E-state index in [1.165, 1.54) is 5.56 Å². The number of aryl methyl sites for hydroxylation is 1. The second kappa shape index (κ2) is 13.0. The zero-order valence-corrected chi connectivity index (χ0v) is 19.9. The van der Waals surface area contributed by atoms with Gasteiger partial charge in [0.15, 0.2) is 5.96 Å². The van der Waals surface area contributed by atoms with Gasteiger partial charge in [-0.05, 0) is 43.7 Å². The fraction of sp³-hybridized carbons (Fsp3) is 0.364. The third-order valence-electron chi connectivity index (χ3n) is 4.21. The maximum Gasteiger partial charge on any atom is 0.251 e. The number of methoxy groups -OCH3 is 1. The first-order valence-corrected chi connectivity index (χ1v) is 9.50. The van der Waals surface area contributed by atoms with Crippen molar-refractivity contribution in [2.24, 2.45) is 4.99 Å². The number of guanidine groups is 1. The van der Waals surface area contributed by atoms with Crippen molar-refractivity contribution < 1.29 is 9.53 Å². The van der Waals surface area contributed by atoms with Gasteiger partial charge < -0.3 is 20.3 Å². The monoisotopic (exact) mass is 510 g/mol. The van der Waals surface area contributed by atoms with Gasteiger partial charge in [-0.1, -0.05) is 29.8 Å². The smallest absolute Gasteiger partial charge is 0.251 e. The third-order valence-corrected chi connectivity index (χ3v) is 4.21. The first-order valence-electron chi connectivity index (χ1n) is 9.50. The van der Waals surface area contributed by atoms with Crippen molar-refractivity contribution in [2.45, 2.75) is 20.4 Å². The molecule has 0 spiro atoms. The van der Waals surface area contributed by atoms with E-state index in [0.29, 0.717) is 18.7 Å². The molecule has 29 heavy (non-hydrogen) atoms. The molecule has 2 aromatic carbocycles. The number of ether oxygens (including phenoxy) is 1. The minimum absolute atomic E-state index is 0. The van der Waals surface area contributed by atoms with Crippen LogP contribution >= 0.6 is 24.0 Å². The molecule has 0 radical (unpaired) electrons.